The van der Waals surface area contributed by atoms with Crippen molar-refractivity contribution in [2.45, 2.75) is 33.1 Å². The molecule has 2 rings (SSSR count). The molecule has 0 spiro atoms. The van der Waals surface area contributed by atoms with Gasteiger partial charge in [0.05, 0.1) is 11.2 Å². The van der Waals surface area contributed by atoms with E-state index in [4.69, 9.17) is 5.73 Å². The highest BCUT2D eigenvalue weighted by Crippen LogP contribution is 2.29. The summed E-state index contributed by atoms with van der Waals surface area (Å²) in [6, 6.07) is 8.40. The van der Waals surface area contributed by atoms with Gasteiger partial charge in [0, 0.05) is 12.4 Å². The van der Waals surface area contributed by atoms with Crippen LogP contribution in [0, 0.1) is 5.41 Å². The molecule has 1 heterocycles. The van der Waals surface area contributed by atoms with E-state index in [-0.39, 0.29) is 5.41 Å². The van der Waals surface area contributed by atoms with Gasteiger partial charge < -0.3 is 5.73 Å². The zero-order valence-corrected chi connectivity index (χ0v) is 11.6. The number of aromatic nitrogens is 2. The Hall–Kier alpha value is -1.35. The monoisotopic (exact) mass is 245 g/mol. The molecule has 2 N–H and O–H groups in total. The number of benzene rings is 1. The first kappa shape index (κ1) is 13.1. The van der Waals surface area contributed by atoms with Gasteiger partial charge in [-0.1, -0.05) is 38.5 Å². The summed E-state index contributed by atoms with van der Waals surface area (Å²) in [6.07, 6.45) is 3.27. The third kappa shape index (κ3) is 2.41. The van der Waals surface area contributed by atoms with Crippen LogP contribution >= 0.6 is 0 Å². The molecule has 3 nitrogen and oxygen atoms in total. The first-order valence-corrected chi connectivity index (χ1v) is 6.70. The Morgan fingerprint density at radius 1 is 1.33 bits per heavy atom. The molecule has 1 aromatic heterocycles. The summed E-state index contributed by atoms with van der Waals surface area (Å²) in [6.45, 7) is 5.19. The first-order chi connectivity index (χ1) is 8.59. The molecule has 0 fully saturated rings. The molecule has 1 atom stereocenters. The normalized spacial score (nSPS) is 14.9. The summed E-state index contributed by atoms with van der Waals surface area (Å²) >= 11 is 0. The number of hydrogen-bond acceptors (Lipinski definition) is 2. The average molecular weight is 245 g/mol. The van der Waals surface area contributed by atoms with Crippen molar-refractivity contribution in [3.05, 3.63) is 30.0 Å². The van der Waals surface area contributed by atoms with Crippen LogP contribution in [0.25, 0.3) is 10.9 Å². The molecule has 0 aliphatic carbocycles. The van der Waals surface area contributed by atoms with E-state index >= 15 is 0 Å². The van der Waals surface area contributed by atoms with Crippen molar-refractivity contribution in [2.24, 2.45) is 18.2 Å². The molecule has 2 aromatic rings. The summed E-state index contributed by atoms with van der Waals surface area (Å²) in [4.78, 5) is 0. The number of para-hydroxylation sites is 1. The van der Waals surface area contributed by atoms with Crippen LogP contribution in [0.5, 0.6) is 0 Å². The van der Waals surface area contributed by atoms with Crippen molar-refractivity contribution < 1.29 is 0 Å². The van der Waals surface area contributed by atoms with Gasteiger partial charge in [-0.2, -0.15) is 5.10 Å². The maximum absolute atomic E-state index is 5.96. The first-order valence-electron chi connectivity index (χ1n) is 6.70. The van der Waals surface area contributed by atoms with Crippen molar-refractivity contribution in [2.75, 3.05) is 6.54 Å². The highest BCUT2D eigenvalue weighted by Gasteiger charge is 2.24. The second kappa shape index (κ2) is 5.11. The SMILES string of the molecule is CCCC(C)(CN)Cc1nn(C)c2ccccc12. The second-order valence-electron chi connectivity index (χ2n) is 5.53. The number of nitrogens with two attached hydrogens (primary N) is 1. The van der Waals surface area contributed by atoms with E-state index in [9.17, 15) is 0 Å². The number of nitrogens with zero attached hydrogens (tertiary/aromatic N) is 2. The summed E-state index contributed by atoms with van der Waals surface area (Å²) in [5.41, 5.74) is 8.49. The van der Waals surface area contributed by atoms with E-state index in [1.54, 1.807) is 0 Å². The molecule has 0 radical (unpaired) electrons. The lowest BCUT2D eigenvalue weighted by molar-refractivity contribution is 0.299. The summed E-state index contributed by atoms with van der Waals surface area (Å²) < 4.78 is 1.97. The number of rotatable bonds is 5. The Labute approximate surface area is 109 Å². The third-order valence-corrected chi connectivity index (χ3v) is 3.77. The minimum atomic E-state index is 0.159. The van der Waals surface area contributed by atoms with Crippen molar-refractivity contribution in [3.8, 4) is 0 Å². The van der Waals surface area contributed by atoms with E-state index in [0.29, 0.717) is 6.54 Å². The molecule has 0 saturated heterocycles. The molecule has 0 saturated carbocycles. The predicted octanol–water partition coefficient (Wildman–Crippen LogP) is 2.88. The fourth-order valence-corrected chi connectivity index (χ4v) is 2.69. The highest BCUT2D eigenvalue weighted by molar-refractivity contribution is 5.81. The van der Waals surface area contributed by atoms with Gasteiger partial charge in [-0.15, -0.1) is 0 Å². The van der Waals surface area contributed by atoms with Crippen molar-refractivity contribution in [3.63, 3.8) is 0 Å². The summed E-state index contributed by atoms with van der Waals surface area (Å²) in [5.74, 6) is 0. The zero-order chi connectivity index (χ0) is 13.2. The molecular weight excluding hydrogens is 222 g/mol. The largest absolute Gasteiger partial charge is 0.330 e. The van der Waals surface area contributed by atoms with Crippen molar-refractivity contribution in [1.82, 2.24) is 9.78 Å². The van der Waals surface area contributed by atoms with Gasteiger partial charge in [-0.25, -0.2) is 0 Å². The van der Waals surface area contributed by atoms with Gasteiger partial charge >= 0.3 is 0 Å². The maximum atomic E-state index is 5.96. The summed E-state index contributed by atoms with van der Waals surface area (Å²) in [7, 11) is 2.01. The molecule has 18 heavy (non-hydrogen) atoms. The van der Waals surface area contributed by atoms with E-state index in [2.05, 4.69) is 43.2 Å². The molecule has 0 aliphatic rings. The molecule has 1 unspecified atom stereocenters. The molecule has 98 valence electrons. The van der Waals surface area contributed by atoms with Crippen LogP contribution in [-0.2, 0) is 13.5 Å². The minimum Gasteiger partial charge on any atom is -0.330 e. The zero-order valence-electron chi connectivity index (χ0n) is 11.6. The fourth-order valence-electron chi connectivity index (χ4n) is 2.69. The smallest absolute Gasteiger partial charge is 0.0709 e. The average Bonchev–Trinajstić information content (AvgIpc) is 2.67. The highest BCUT2D eigenvalue weighted by atomic mass is 15.3. The lowest BCUT2D eigenvalue weighted by Crippen LogP contribution is -2.29. The van der Waals surface area contributed by atoms with Gasteiger partial charge in [0.15, 0.2) is 0 Å². The van der Waals surface area contributed by atoms with Crippen molar-refractivity contribution in [1.29, 1.82) is 0 Å². The predicted molar refractivity (Wildman–Crippen MR) is 76.5 cm³/mol. The van der Waals surface area contributed by atoms with Crippen LogP contribution in [0.3, 0.4) is 0 Å². The van der Waals surface area contributed by atoms with Crippen LogP contribution in [0.1, 0.15) is 32.4 Å². The molecule has 0 bridgehead atoms. The molecule has 0 amide bonds. The molecule has 0 aliphatic heterocycles. The van der Waals surface area contributed by atoms with Crippen molar-refractivity contribution >= 4 is 10.9 Å². The maximum Gasteiger partial charge on any atom is 0.0709 e. The van der Waals surface area contributed by atoms with Gasteiger partial charge in [0.25, 0.3) is 0 Å². The van der Waals surface area contributed by atoms with E-state index in [0.717, 1.165) is 12.8 Å². The number of hydrogen-bond donors (Lipinski definition) is 1. The third-order valence-electron chi connectivity index (χ3n) is 3.77. The minimum absolute atomic E-state index is 0.159. The van der Waals surface area contributed by atoms with Crippen LogP contribution in [0.15, 0.2) is 24.3 Å². The topological polar surface area (TPSA) is 43.8 Å². The van der Waals surface area contributed by atoms with E-state index in [1.165, 1.54) is 23.0 Å². The van der Waals surface area contributed by atoms with Crippen LogP contribution in [-0.4, -0.2) is 16.3 Å². The Morgan fingerprint density at radius 2 is 2.06 bits per heavy atom. The van der Waals surface area contributed by atoms with Gasteiger partial charge in [0.1, 0.15) is 0 Å². The number of aryl methyl sites for hydroxylation is 1. The lowest BCUT2D eigenvalue weighted by atomic mass is 9.81. The Kier molecular flexibility index (Phi) is 3.71. The van der Waals surface area contributed by atoms with E-state index < -0.39 is 0 Å². The molecule has 3 heteroatoms. The van der Waals surface area contributed by atoms with Gasteiger partial charge in [-0.05, 0) is 30.9 Å². The van der Waals surface area contributed by atoms with E-state index in [1.807, 2.05) is 11.7 Å². The van der Waals surface area contributed by atoms with Crippen LogP contribution < -0.4 is 5.73 Å². The number of fused-ring (bicyclic) bond motifs is 1. The Morgan fingerprint density at radius 3 is 2.72 bits per heavy atom. The summed E-state index contributed by atoms with van der Waals surface area (Å²) in [5, 5.41) is 5.93. The second-order valence-corrected chi connectivity index (χ2v) is 5.53. The molecule has 1 aromatic carbocycles. The Bertz CT molecular complexity index is 530. The molecular formula is C15H23N3. The lowest BCUT2D eigenvalue weighted by Gasteiger charge is -2.26. The Balaban J connectivity index is 2.37. The van der Waals surface area contributed by atoms with Crippen LogP contribution in [0.4, 0.5) is 0 Å². The van der Waals surface area contributed by atoms with Crippen LogP contribution in [0.2, 0.25) is 0 Å². The quantitative estimate of drug-likeness (QED) is 0.880. The standard InChI is InChI=1S/C15H23N3/c1-4-9-15(2,11-16)10-13-12-7-5-6-8-14(12)18(3)17-13/h5-8H,4,9-11,16H2,1-3H3. The fraction of sp³-hybridized carbons (Fsp3) is 0.533. The van der Waals surface area contributed by atoms with Gasteiger partial charge in [-0.3, -0.25) is 4.68 Å². The van der Waals surface area contributed by atoms with Gasteiger partial charge in [0.2, 0.25) is 0 Å².